The third-order valence-electron chi connectivity index (χ3n) is 3.18. The first-order valence-electron chi connectivity index (χ1n) is 5.99. The lowest BCUT2D eigenvalue weighted by molar-refractivity contribution is -0.150. The lowest BCUT2D eigenvalue weighted by Gasteiger charge is -2.33. The number of hydrogen-bond donors (Lipinski definition) is 2. The fraction of sp³-hybridized carbons (Fsp3) is 0.917. The minimum absolute atomic E-state index is 0.246. The lowest BCUT2D eigenvalue weighted by atomic mass is 9.91. The third-order valence-corrected chi connectivity index (χ3v) is 3.18. The van der Waals surface area contributed by atoms with Crippen molar-refractivity contribution in [1.82, 2.24) is 5.32 Å². The second-order valence-electron chi connectivity index (χ2n) is 5.32. The maximum absolute atomic E-state index is 11.5. The molecule has 1 rings (SSSR count). The standard InChI is InChI=1S/C12H23NO4/c1-11(2,10(14)16-3)8-13-9-12(15)4-6-17-7-5-12/h13,15H,4-9H2,1-3H3. The van der Waals surface area contributed by atoms with Crippen molar-refractivity contribution in [3.63, 3.8) is 0 Å². The fourth-order valence-corrected chi connectivity index (χ4v) is 1.88. The summed E-state index contributed by atoms with van der Waals surface area (Å²) in [6.07, 6.45) is 1.28. The Balaban J connectivity index is 2.33. The first kappa shape index (κ1) is 14.4. The van der Waals surface area contributed by atoms with E-state index < -0.39 is 11.0 Å². The Hall–Kier alpha value is -0.650. The number of hydrogen-bond acceptors (Lipinski definition) is 5. The Morgan fingerprint density at radius 2 is 2.06 bits per heavy atom. The normalized spacial score (nSPS) is 20.0. The van der Waals surface area contributed by atoms with Crippen molar-refractivity contribution in [3.8, 4) is 0 Å². The molecule has 1 heterocycles. The number of rotatable bonds is 5. The maximum Gasteiger partial charge on any atom is 0.312 e. The molecule has 1 aliphatic rings. The molecule has 0 amide bonds. The zero-order chi connectivity index (χ0) is 12.9. The number of nitrogens with one attached hydrogen (secondary N) is 1. The maximum atomic E-state index is 11.5. The van der Waals surface area contributed by atoms with Gasteiger partial charge in [0.25, 0.3) is 0 Å². The van der Waals surface area contributed by atoms with Gasteiger partial charge < -0.3 is 19.9 Å². The van der Waals surface area contributed by atoms with Gasteiger partial charge in [0.1, 0.15) is 0 Å². The molecule has 0 aromatic heterocycles. The molecule has 0 bridgehead atoms. The van der Waals surface area contributed by atoms with Crippen molar-refractivity contribution in [2.45, 2.75) is 32.3 Å². The highest BCUT2D eigenvalue weighted by Crippen LogP contribution is 2.20. The van der Waals surface area contributed by atoms with Gasteiger partial charge >= 0.3 is 5.97 Å². The average molecular weight is 245 g/mol. The Labute approximate surface area is 102 Å². The highest BCUT2D eigenvalue weighted by molar-refractivity contribution is 5.76. The van der Waals surface area contributed by atoms with Gasteiger partial charge in [-0.1, -0.05) is 0 Å². The van der Waals surface area contributed by atoms with Crippen molar-refractivity contribution in [1.29, 1.82) is 0 Å². The van der Waals surface area contributed by atoms with Crippen LogP contribution in [0.15, 0.2) is 0 Å². The number of methoxy groups -OCH3 is 1. The van der Waals surface area contributed by atoms with E-state index in [1.807, 2.05) is 13.8 Å². The Kier molecular flexibility index (Phi) is 4.91. The monoisotopic (exact) mass is 245 g/mol. The largest absolute Gasteiger partial charge is 0.469 e. The Bertz CT molecular complexity index is 259. The summed E-state index contributed by atoms with van der Waals surface area (Å²) in [5.74, 6) is -0.246. The average Bonchev–Trinajstić information content (AvgIpc) is 2.28. The van der Waals surface area contributed by atoms with Crippen molar-refractivity contribution >= 4 is 5.97 Å². The predicted octanol–water partition coefficient (Wildman–Crippen LogP) is 0.317. The summed E-state index contributed by atoms with van der Waals surface area (Å²) in [4.78, 5) is 11.5. The summed E-state index contributed by atoms with van der Waals surface area (Å²) in [6, 6.07) is 0. The molecule has 0 radical (unpaired) electrons. The van der Waals surface area contributed by atoms with Crippen molar-refractivity contribution < 1.29 is 19.4 Å². The lowest BCUT2D eigenvalue weighted by Crippen LogP contribution is -2.48. The van der Waals surface area contributed by atoms with Crippen LogP contribution >= 0.6 is 0 Å². The number of carbonyl (C=O) groups is 1. The van der Waals surface area contributed by atoms with Crippen LogP contribution in [-0.2, 0) is 14.3 Å². The molecule has 1 fully saturated rings. The molecule has 17 heavy (non-hydrogen) atoms. The second kappa shape index (κ2) is 5.80. The third kappa shape index (κ3) is 4.26. The number of carbonyl (C=O) groups excluding carboxylic acids is 1. The van der Waals surface area contributed by atoms with Gasteiger partial charge in [0.05, 0.1) is 18.1 Å². The summed E-state index contributed by atoms with van der Waals surface area (Å²) in [7, 11) is 1.39. The SMILES string of the molecule is COC(=O)C(C)(C)CNCC1(O)CCOCC1. The summed E-state index contributed by atoms with van der Waals surface area (Å²) in [5.41, 5.74) is -1.28. The van der Waals surface area contributed by atoms with Gasteiger partial charge in [-0.05, 0) is 13.8 Å². The zero-order valence-corrected chi connectivity index (χ0v) is 10.9. The van der Waals surface area contributed by atoms with E-state index in [9.17, 15) is 9.90 Å². The van der Waals surface area contributed by atoms with Gasteiger partial charge in [0, 0.05) is 39.1 Å². The second-order valence-corrected chi connectivity index (χ2v) is 5.32. The molecule has 0 spiro atoms. The van der Waals surface area contributed by atoms with Crippen LogP contribution in [0.2, 0.25) is 0 Å². The number of aliphatic hydroxyl groups is 1. The van der Waals surface area contributed by atoms with E-state index in [0.717, 1.165) is 0 Å². The smallest absolute Gasteiger partial charge is 0.312 e. The van der Waals surface area contributed by atoms with Crippen LogP contribution in [0.3, 0.4) is 0 Å². The molecule has 0 aliphatic carbocycles. The molecule has 0 aromatic carbocycles. The minimum Gasteiger partial charge on any atom is -0.469 e. The molecule has 1 aliphatic heterocycles. The van der Waals surface area contributed by atoms with E-state index in [1.165, 1.54) is 7.11 Å². The van der Waals surface area contributed by atoms with Crippen molar-refractivity contribution in [3.05, 3.63) is 0 Å². The Morgan fingerprint density at radius 1 is 1.47 bits per heavy atom. The molecule has 2 N–H and O–H groups in total. The van der Waals surface area contributed by atoms with Crippen LogP contribution in [0.5, 0.6) is 0 Å². The molecular weight excluding hydrogens is 222 g/mol. The topological polar surface area (TPSA) is 67.8 Å². The molecular formula is C12H23NO4. The van der Waals surface area contributed by atoms with E-state index in [0.29, 0.717) is 39.1 Å². The molecule has 0 unspecified atom stereocenters. The molecule has 0 atom stereocenters. The minimum atomic E-state index is -0.704. The first-order valence-corrected chi connectivity index (χ1v) is 5.99. The van der Waals surface area contributed by atoms with Gasteiger partial charge in [-0.15, -0.1) is 0 Å². The van der Waals surface area contributed by atoms with E-state index in [-0.39, 0.29) is 5.97 Å². The zero-order valence-electron chi connectivity index (χ0n) is 10.9. The highest BCUT2D eigenvalue weighted by atomic mass is 16.5. The summed E-state index contributed by atoms with van der Waals surface area (Å²) in [6.45, 7) is 5.80. The van der Waals surface area contributed by atoms with Crippen molar-refractivity contribution in [2.24, 2.45) is 5.41 Å². The number of esters is 1. The molecule has 5 nitrogen and oxygen atoms in total. The van der Waals surface area contributed by atoms with Crippen LogP contribution in [-0.4, -0.2) is 50.1 Å². The van der Waals surface area contributed by atoms with Gasteiger partial charge in [-0.25, -0.2) is 0 Å². The fourth-order valence-electron chi connectivity index (χ4n) is 1.88. The summed E-state index contributed by atoms with van der Waals surface area (Å²) in [5, 5.41) is 13.3. The predicted molar refractivity (Wildman–Crippen MR) is 63.7 cm³/mol. The highest BCUT2D eigenvalue weighted by Gasteiger charge is 2.32. The van der Waals surface area contributed by atoms with Gasteiger partial charge in [0.2, 0.25) is 0 Å². The van der Waals surface area contributed by atoms with Crippen LogP contribution < -0.4 is 5.32 Å². The number of ether oxygens (including phenoxy) is 2. The first-order chi connectivity index (χ1) is 7.90. The van der Waals surface area contributed by atoms with Gasteiger partial charge in [0.15, 0.2) is 0 Å². The van der Waals surface area contributed by atoms with E-state index in [1.54, 1.807) is 0 Å². The van der Waals surface area contributed by atoms with E-state index >= 15 is 0 Å². The van der Waals surface area contributed by atoms with Crippen molar-refractivity contribution in [2.75, 3.05) is 33.4 Å². The molecule has 100 valence electrons. The van der Waals surface area contributed by atoms with Crippen LogP contribution in [0, 0.1) is 5.41 Å². The molecule has 0 saturated carbocycles. The van der Waals surface area contributed by atoms with Crippen LogP contribution in [0.25, 0.3) is 0 Å². The van der Waals surface area contributed by atoms with Crippen LogP contribution in [0.1, 0.15) is 26.7 Å². The summed E-state index contributed by atoms with van der Waals surface area (Å²) < 4.78 is 9.93. The van der Waals surface area contributed by atoms with Gasteiger partial charge in [-0.3, -0.25) is 4.79 Å². The Morgan fingerprint density at radius 3 is 2.59 bits per heavy atom. The quantitative estimate of drug-likeness (QED) is 0.683. The molecule has 5 heteroatoms. The van der Waals surface area contributed by atoms with Gasteiger partial charge in [-0.2, -0.15) is 0 Å². The van der Waals surface area contributed by atoms with E-state index in [2.05, 4.69) is 5.32 Å². The molecule has 1 saturated heterocycles. The summed E-state index contributed by atoms with van der Waals surface area (Å²) >= 11 is 0. The van der Waals surface area contributed by atoms with E-state index in [4.69, 9.17) is 9.47 Å². The van der Waals surface area contributed by atoms with Crippen LogP contribution in [0.4, 0.5) is 0 Å². The molecule has 0 aromatic rings.